The second-order valence-corrected chi connectivity index (χ2v) is 4.58. The van der Waals surface area contributed by atoms with Crippen LogP contribution in [-0.2, 0) is 0 Å². The zero-order valence-electron chi connectivity index (χ0n) is 11.8. The monoisotopic (exact) mass is 295 g/mol. The van der Waals surface area contributed by atoms with Crippen LogP contribution >= 0.6 is 0 Å². The Hall–Kier alpha value is -3.22. The van der Waals surface area contributed by atoms with Crippen molar-refractivity contribution in [1.29, 1.82) is 0 Å². The van der Waals surface area contributed by atoms with Gasteiger partial charge in [-0.3, -0.25) is 9.78 Å². The van der Waals surface area contributed by atoms with Crippen molar-refractivity contribution < 1.29 is 9.32 Å². The van der Waals surface area contributed by atoms with Gasteiger partial charge in [-0.1, -0.05) is 5.16 Å². The van der Waals surface area contributed by atoms with Crippen LogP contribution in [0, 0.1) is 6.92 Å². The summed E-state index contributed by atoms with van der Waals surface area (Å²) in [6, 6.07) is 8.65. The molecule has 3 aromatic rings. The Morgan fingerprint density at radius 1 is 1.18 bits per heavy atom. The number of carbonyl (C=O) groups excluding carboxylic acids is 1. The highest BCUT2D eigenvalue weighted by molar-refractivity contribution is 6.03. The molecule has 0 radical (unpaired) electrons. The van der Waals surface area contributed by atoms with Gasteiger partial charge in [0.15, 0.2) is 5.82 Å². The van der Waals surface area contributed by atoms with Gasteiger partial charge in [0.05, 0.1) is 17.4 Å². The molecule has 2 N–H and O–H groups in total. The molecule has 0 spiro atoms. The number of nitrogens with one attached hydrogen (secondary N) is 2. The van der Waals surface area contributed by atoms with Gasteiger partial charge in [0, 0.05) is 18.5 Å². The average molecular weight is 295 g/mol. The molecule has 1 amide bonds. The van der Waals surface area contributed by atoms with Gasteiger partial charge in [-0.2, -0.15) is 0 Å². The van der Waals surface area contributed by atoms with Crippen LogP contribution in [0.25, 0.3) is 0 Å². The molecule has 3 rings (SSSR count). The second kappa shape index (κ2) is 6.04. The number of pyridine rings is 2. The fourth-order valence-electron chi connectivity index (χ4n) is 1.80. The van der Waals surface area contributed by atoms with Crippen molar-refractivity contribution in [3.8, 4) is 0 Å². The molecular weight excluding hydrogens is 282 g/mol. The van der Waals surface area contributed by atoms with Gasteiger partial charge >= 0.3 is 0 Å². The van der Waals surface area contributed by atoms with E-state index in [0.717, 1.165) is 11.4 Å². The van der Waals surface area contributed by atoms with E-state index in [1.807, 2.05) is 6.92 Å². The van der Waals surface area contributed by atoms with E-state index in [9.17, 15) is 4.79 Å². The zero-order valence-corrected chi connectivity index (χ0v) is 11.8. The number of hydrogen-bond acceptors (Lipinski definition) is 6. The van der Waals surface area contributed by atoms with Crippen molar-refractivity contribution in [3.63, 3.8) is 0 Å². The molecule has 0 aliphatic rings. The number of aryl methyl sites for hydroxylation is 1. The summed E-state index contributed by atoms with van der Waals surface area (Å²) in [5.41, 5.74) is 1.22. The van der Waals surface area contributed by atoms with Crippen LogP contribution in [-0.4, -0.2) is 21.0 Å². The first kappa shape index (κ1) is 13.7. The van der Waals surface area contributed by atoms with Gasteiger partial charge in [0.2, 0.25) is 0 Å². The van der Waals surface area contributed by atoms with E-state index in [-0.39, 0.29) is 5.91 Å². The van der Waals surface area contributed by atoms with Crippen LogP contribution in [0.4, 0.5) is 17.3 Å². The predicted molar refractivity (Wildman–Crippen MR) is 80.9 cm³/mol. The molecule has 3 heterocycles. The van der Waals surface area contributed by atoms with E-state index in [1.54, 1.807) is 42.7 Å². The van der Waals surface area contributed by atoms with Gasteiger partial charge in [0.25, 0.3) is 5.91 Å². The van der Waals surface area contributed by atoms with Crippen molar-refractivity contribution in [3.05, 3.63) is 60.2 Å². The Kier molecular flexibility index (Phi) is 3.78. The molecule has 7 nitrogen and oxygen atoms in total. The molecule has 0 atom stereocenters. The molecule has 0 saturated heterocycles. The van der Waals surface area contributed by atoms with Crippen LogP contribution in [0.5, 0.6) is 0 Å². The maximum Gasteiger partial charge on any atom is 0.258 e. The summed E-state index contributed by atoms with van der Waals surface area (Å²) in [7, 11) is 0. The Bertz CT molecular complexity index is 768. The van der Waals surface area contributed by atoms with E-state index in [1.165, 1.54) is 6.20 Å². The van der Waals surface area contributed by atoms with E-state index in [2.05, 4.69) is 25.8 Å². The lowest BCUT2D eigenvalue weighted by atomic mass is 10.2. The summed E-state index contributed by atoms with van der Waals surface area (Å²) in [5.74, 6) is 1.52. The third-order valence-electron chi connectivity index (χ3n) is 2.83. The summed E-state index contributed by atoms with van der Waals surface area (Å²) in [6.45, 7) is 1.81. The van der Waals surface area contributed by atoms with Gasteiger partial charge in [0.1, 0.15) is 11.6 Å². The Morgan fingerprint density at radius 2 is 2.09 bits per heavy atom. The predicted octanol–water partition coefficient (Wildman–Crippen LogP) is 2.77. The smallest absolute Gasteiger partial charge is 0.258 e. The van der Waals surface area contributed by atoms with E-state index < -0.39 is 0 Å². The summed E-state index contributed by atoms with van der Waals surface area (Å²) in [5, 5.41) is 9.58. The minimum atomic E-state index is -0.256. The molecule has 0 unspecified atom stereocenters. The molecule has 110 valence electrons. The number of anilines is 3. The Balaban J connectivity index is 1.65. The minimum absolute atomic E-state index is 0.256. The third-order valence-corrected chi connectivity index (χ3v) is 2.83. The lowest BCUT2D eigenvalue weighted by Crippen LogP contribution is -2.13. The van der Waals surface area contributed by atoms with Crippen molar-refractivity contribution in [1.82, 2.24) is 15.1 Å². The highest BCUT2D eigenvalue weighted by Gasteiger charge is 2.07. The van der Waals surface area contributed by atoms with Gasteiger partial charge in [-0.05, 0) is 31.2 Å². The number of rotatable bonds is 4. The number of amides is 1. The van der Waals surface area contributed by atoms with Crippen LogP contribution in [0.1, 0.15) is 16.1 Å². The lowest BCUT2D eigenvalue weighted by Gasteiger charge is -2.05. The molecule has 22 heavy (non-hydrogen) atoms. The minimum Gasteiger partial charge on any atom is -0.360 e. The highest BCUT2D eigenvalue weighted by Crippen LogP contribution is 2.16. The topological polar surface area (TPSA) is 92.9 Å². The number of hydrogen-bond donors (Lipinski definition) is 2. The summed E-state index contributed by atoms with van der Waals surface area (Å²) >= 11 is 0. The first-order valence-corrected chi connectivity index (χ1v) is 6.58. The van der Waals surface area contributed by atoms with E-state index in [4.69, 9.17) is 4.52 Å². The van der Waals surface area contributed by atoms with Crippen LogP contribution in [0.2, 0.25) is 0 Å². The number of aromatic nitrogens is 3. The quantitative estimate of drug-likeness (QED) is 0.768. The summed E-state index contributed by atoms with van der Waals surface area (Å²) in [6.07, 6.45) is 4.71. The van der Waals surface area contributed by atoms with Crippen molar-refractivity contribution in [2.24, 2.45) is 0 Å². The Morgan fingerprint density at radius 3 is 2.73 bits per heavy atom. The van der Waals surface area contributed by atoms with Crippen LogP contribution < -0.4 is 10.6 Å². The molecular formula is C15H13N5O2. The molecule has 0 saturated carbocycles. The number of nitrogens with zero attached hydrogens (tertiary/aromatic N) is 3. The first-order chi connectivity index (χ1) is 10.7. The van der Waals surface area contributed by atoms with Gasteiger partial charge in [-0.15, -0.1) is 0 Å². The maximum atomic E-state index is 12.0. The second-order valence-electron chi connectivity index (χ2n) is 4.58. The third kappa shape index (κ3) is 3.26. The fraction of sp³-hybridized carbons (Fsp3) is 0.0667. The molecule has 0 aliphatic heterocycles. The molecule has 3 aromatic heterocycles. The van der Waals surface area contributed by atoms with E-state index >= 15 is 0 Å². The molecule has 0 aromatic carbocycles. The van der Waals surface area contributed by atoms with Crippen molar-refractivity contribution in [2.45, 2.75) is 6.92 Å². The normalized spacial score (nSPS) is 10.2. The molecule has 0 aliphatic carbocycles. The molecule has 0 fully saturated rings. The van der Waals surface area contributed by atoms with Crippen LogP contribution in [0.3, 0.4) is 0 Å². The lowest BCUT2D eigenvalue weighted by molar-refractivity contribution is 0.102. The van der Waals surface area contributed by atoms with Gasteiger partial charge in [-0.25, -0.2) is 4.98 Å². The largest absolute Gasteiger partial charge is 0.360 e. The fourth-order valence-corrected chi connectivity index (χ4v) is 1.80. The molecule has 0 bridgehead atoms. The zero-order chi connectivity index (χ0) is 15.4. The van der Waals surface area contributed by atoms with Crippen molar-refractivity contribution in [2.75, 3.05) is 10.6 Å². The standard InChI is InChI=1S/C15H13N5O2/c1-10-7-14(20-22-10)18-12-4-5-13(17-9-12)19-15(21)11-3-2-6-16-8-11/h2-9H,1H3,(H,18,20)(H,17,19,21). The number of carbonyl (C=O) groups is 1. The van der Waals surface area contributed by atoms with E-state index in [0.29, 0.717) is 17.2 Å². The maximum absolute atomic E-state index is 12.0. The first-order valence-electron chi connectivity index (χ1n) is 6.58. The highest BCUT2D eigenvalue weighted by atomic mass is 16.5. The van der Waals surface area contributed by atoms with Crippen LogP contribution in [0.15, 0.2) is 53.4 Å². The van der Waals surface area contributed by atoms with Gasteiger partial charge < -0.3 is 15.2 Å². The summed E-state index contributed by atoms with van der Waals surface area (Å²) in [4.78, 5) is 20.0. The SMILES string of the molecule is Cc1cc(Nc2ccc(NC(=O)c3cccnc3)nc2)no1. The summed E-state index contributed by atoms with van der Waals surface area (Å²) < 4.78 is 4.97. The van der Waals surface area contributed by atoms with Crippen molar-refractivity contribution >= 4 is 23.2 Å². The molecule has 7 heteroatoms. The Labute approximate surface area is 126 Å². The average Bonchev–Trinajstić information content (AvgIpc) is 2.95.